The Balaban J connectivity index is 0.00000338. The van der Waals surface area contributed by atoms with Crippen LogP contribution in [-0.4, -0.2) is 65.1 Å². The molecule has 0 aromatic heterocycles. The molecule has 0 spiro atoms. The summed E-state index contributed by atoms with van der Waals surface area (Å²) in [4.78, 5) is 23.5. The van der Waals surface area contributed by atoms with E-state index in [9.17, 15) is 18.0 Å². The minimum atomic E-state index is -3.86. The van der Waals surface area contributed by atoms with Crippen LogP contribution in [0.2, 0.25) is 0 Å². The Labute approximate surface area is 159 Å². The third-order valence-electron chi connectivity index (χ3n) is 4.18. The Morgan fingerprint density at radius 1 is 1.12 bits per heavy atom. The highest BCUT2D eigenvalue weighted by atomic mass is 35.5. The molecule has 26 heavy (non-hydrogen) atoms. The van der Waals surface area contributed by atoms with Gasteiger partial charge >= 0.3 is 11.9 Å². The summed E-state index contributed by atoms with van der Waals surface area (Å²) in [5.74, 6) is -1.46. The third kappa shape index (κ3) is 4.73. The highest BCUT2D eigenvalue weighted by Crippen LogP contribution is 2.24. The van der Waals surface area contributed by atoms with E-state index in [4.69, 9.17) is 0 Å². The minimum absolute atomic E-state index is 0. The number of piperidine rings is 1. The molecule has 2 rings (SSSR count). The highest BCUT2D eigenvalue weighted by Gasteiger charge is 2.31. The van der Waals surface area contributed by atoms with Crippen molar-refractivity contribution in [2.24, 2.45) is 0 Å². The van der Waals surface area contributed by atoms with Crippen LogP contribution in [0.15, 0.2) is 23.1 Å². The van der Waals surface area contributed by atoms with Gasteiger partial charge in [-0.15, -0.1) is 12.4 Å². The topological polar surface area (TPSA) is 102 Å². The maximum absolute atomic E-state index is 13.0. The zero-order valence-corrected chi connectivity index (χ0v) is 16.5. The van der Waals surface area contributed by atoms with Crippen LogP contribution >= 0.6 is 12.4 Å². The van der Waals surface area contributed by atoms with E-state index in [-0.39, 0.29) is 34.5 Å². The lowest BCUT2D eigenvalue weighted by molar-refractivity contribution is 0.0598. The first-order chi connectivity index (χ1) is 11.8. The van der Waals surface area contributed by atoms with Crippen molar-refractivity contribution in [2.75, 3.05) is 34.4 Å². The number of nitrogens with zero attached hydrogens (tertiary/aromatic N) is 1. The van der Waals surface area contributed by atoms with Crippen molar-refractivity contribution in [3.8, 4) is 0 Å². The fraction of sp³-hybridized carbons (Fsp3) is 0.500. The largest absolute Gasteiger partial charge is 0.465 e. The van der Waals surface area contributed by atoms with E-state index in [1.54, 1.807) is 7.05 Å². The first-order valence-electron chi connectivity index (χ1n) is 7.82. The molecule has 1 heterocycles. The molecule has 1 saturated heterocycles. The van der Waals surface area contributed by atoms with Gasteiger partial charge in [0.15, 0.2) is 0 Å². The third-order valence-corrected chi connectivity index (χ3v) is 6.02. The Bertz CT molecular complexity index is 734. The maximum Gasteiger partial charge on any atom is 0.337 e. The summed E-state index contributed by atoms with van der Waals surface area (Å²) in [6, 6.07) is 3.75. The number of methoxy groups -OCH3 is 2. The molecule has 1 aliphatic rings. The minimum Gasteiger partial charge on any atom is -0.465 e. The number of likely N-dealkylation sites (N-methyl/N-ethyl adjacent to an activating group) is 1. The summed E-state index contributed by atoms with van der Waals surface area (Å²) in [6.45, 7) is 0.714. The fourth-order valence-electron chi connectivity index (χ4n) is 2.76. The first-order valence-corrected chi connectivity index (χ1v) is 9.26. The van der Waals surface area contributed by atoms with Crippen LogP contribution in [0.3, 0.4) is 0 Å². The van der Waals surface area contributed by atoms with Gasteiger partial charge in [-0.25, -0.2) is 18.0 Å². The SMILES string of the molecule is CNC1CCCN(S(=O)(=O)c2cc(C(=O)OC)cc(C(=O)OC)c2)C1.Cl. The Hall–Kier alpha value is -1.68. The molecular weight excluding hydrogens is 384 g/mol. The molecule has 0 bridgehead atoms. The van der Waals surface area contributed by atoms with Crippen molar-refractivity contribution in [3.63, 3.8) is 0 Å². The lowest BCUT2D eigenvalue weighted by atomic mass is 10.1. The molecule has 10 heteroatoms. The molecule has 1 unspecified atom stereocenters. The van der Waals surface area contributed by atoms with Gasteiger partial charge in [-0.2, -0.15) is 4.31 Å². The van der Waals surface area contributed by atoms with Gasteiger partial charge in [0.25, 0.3) is 0 Å². The van der Waals surface area contributed by atoms with E-state index in [2.05, 4.69) is 14.8 Å². The Morgan fingerprint density at radius 2 is 1.65 bits per heavy atom. The van der Waals surface area contributed by atoms with E-state index in [1.165, 1.54) is 36.7 Å². The van der Waals surface area contributed by atoms with Crippen LogP contribution in [0.1, 0.15) is 33.6 Å². The second kappa shape index (κ2) is 9.31. The van der Waals surface area contributed by atoms with Crippen molar-refractivity contribution in [3.05, 3.63) is 29.3 Å². The molecule has 0 amide bonds. The van der Waals surface area contributed by atoms with Crippen molar-refractivity contribution < 1.29 is 27.5 Å². The predicted octanol–water partition coefficient (Wildman–Crippen LogP) is 1.05. The molecule has 0 radical (unpaired) electrons. The van der Waals surface area contributed by atoms with E-state index in [1.807, 2.05) is 0 Å². The zero-order valence-electron chi connectivity index (χ0n) is 14.9. The summed E-state index contributed by atoms with van der Waals surface area (Å²) in [5, 5.41) is 3.08. The van der Waals surface area contributed by atoms with E-state index < -0.39 is 22.0 Å². The van der Waals surface area contributed by atoms with Crippen molar-refractivity contribution >= 4 is 34.4 Å². The predicted molar refractivity (Wildman–Crippen MR) is 97.2 cm³/mol. The van der Waals surface area contributed by atoms with Gasteiger partial charge in [0.2, 0.25) is 10.0 Å². The molecule has 1 aliphatic heterocycles. The van der Waals surface area contributed by atoms with Crippen molar-refractivity contribution in [2.45, 2.75) is 23.8 Å². The van der Waals surface area contributed by atoms with E-state index >= 15 is 0 Å². The number of benzene rings is 1. The molecule has 146 valence electrons. The van der Waals surface area contributed by atoms with Crippen LogP contribution < -0.4 is 5.32 Å². The van der Waals surface area contributed by atoms with Gasteiger partial charge in [-0.05, 0) is 38.1 Å². The number of nitrogens with one attached hydrogen (secondary N) is 1. The second-order valence-corrected chi connectivity index (χ2v) is 7.66. The molecule has 1 N–H and O–H groups in total. The fourth-order valence-corrected chi connectivity index (χ4v) is 4.36. The molecule has 1 aromatic rings. The number of hydrogen-bond acceptors (Lipinski definition) is 7. The quantitative estimate of drug-likeness (QED) is 0.729. The molecule has 0 aliphatic carbocycles. The lowest BCUT2D eigenvalue weighted by Crippen LogP contribution is -2.46. The number of hydrogen-bond donors (Lipinski definition) is 1. The number of carbonyl (C=O) groups is 2. The van der Waals surface area contributed by atoms with Crippen LogP contribution in [0.25, 0.3) is 0 Å². The standard InChI is InChI=1S/C16H22N2O6S.ClH/c1-17-13-5-4-6-18(10-13)25(21,22)14-8-11(15(19)23-2)7-12(9-14)16(20)24-3;/h7-9,13,17H,4-6,10H2,1-3H3;1H. The number of sulfonamides is 1. The molecule has 1 aromatic carbocycles. The Kier molecular flexibility index (Phi) is 8.01. The van der Waals surface area contributed by atoms with Crippen LogP contribution in [0, 0.1) is 0 Å². The Morgan fingerprint density at radius 3 is 2.12 bits per heavy atom. The number of rotatable bonds is 5. The average molecular weight is 407 g/mol. The number of carbonyl (C=O) groups excluding carboxylic acids is 2. The van der Waals surface area contributed by atoms with Crippen molar-refractivity contribution in [1.82, 2.24) is 9.62 Å². The molecule has 0 saturated carbocycles. The maximum atomic E-state index is 13.0. The van der Waals surface area contributed by atoms with Gasteiger partial charge in [-0.3, -0.25) is 0 Å². The van der Waals surface area contributed by atoms with Gasteiger partial charge in [0, 0.05) is 19.1 Å². The number of ether oxygens (including phenoxy) is 2. The highest BCUT2D eigenvalue weighted by molar-refractivity contribution is 7.89. The molecular formula is C16H23ClN2O6S. The van der Waals surface area contributed by atoms with Gasteiger partial charge in [-0.1, -0.05) is 0 Å². The monoisotopic (exact) mass is 406 g/mol. The summed E-state index contributed by atoms with van der Waals surface area (Å²) in [5.41, 5.74) is -0.0442. The average Bonchev–Trinajstić information content (AvgIpc) is 2.66. The lowest BCUT2D eigenvalue weighted by Gasteiger charge is -2.31. The van der Waals surface area contributed by atoms with Crippen molar-refractivity contribution in [1.29, 1.82) is 0 Å². The second-order valence-electron chi connectivity index (χ2n) is 5.72. The number of esters is 2. The smallest absolute Gasteiger partial charge is 0.337 e. The summed E-state index contributed by atoms with van der Waals surface area (Å²) in [7, 11) is 0.298. The zero-order chi connectivity index (χ0) is 18.6. The number of halogens is 1. The van der Waals surface area contributed by atoms with Crippen LogP contribution in [0.5, 0.6) is 0 Å². The van der Waals surface area contributed by atoms with Gasteiger partial charge in [0.1, 0.15) is 0 Å². The van der Waals surface area contributed by atoms with Crippen LogP contribution in [-0.2, 0) is 19.5 Å². The summed E-state index contributed by atoms with van der Waals surface area (Å²) >= 11 is 0. The van der Waals surface area contributed by atoms with Gasteiger partial charge in [0.05, 0.1) is 30.2 Å². The normalized spacial score (nSPS) is 17.9. The van der Waals surface area contributed by atoms with Crippen LogP contribution in [0.4, 0.5) is 0 Å². The summed E-state index contributed by atoms with van der Waals surface area (Å²) < 4.78 is 36.6. The molecule has 1 fully saturated rings. The van der Waals surface area contributed by atoms with E-state index in [0.29, 0.717) is 13.1 Å². The van der Waals surface area contributed by atoms with Gasteiger partial charge < -0.3 is 14.8 Å². The summed E-state index contributed by atoms with van der Waals surface area (Å²) in [6.07, 6.45) is 1.61. The molecule has 1 atom stereocenters. The van der Waals surface area contributed by atoms with E-state index in [0.717, 1.165) is 12.8 Å². The molecule has 8 nitrogen and oxygen atoms in total. The first kappa shape index (κ1) is 22.4.